The number of amides is 1. The third-order valence-corrected chi connectivity index (χ3v) is 6.67. The van der Waals surface area contributed by atoms with Gasteiger partial charge >= 0.3 is 0 Å². The molecule has 3 rings (SSSR count). The van der Waals surface area contributed by atoms with Crippen LogP contribution >= 0.6 is 0 Å². The summed E-state index contributed by atoms with van der Waals surface area (Å²) in [4.78, 5) is 12.1. The maximum atomic E-state index is 13.1. The minimum absolute atomic E-state index is 0.0201. The average molecular weight is 408 g/mol. The molecule has 1 aliphatic rings. The van der Waals surface area contributed by atoms with Gasteiger partial charge in [0.25, 0.3) is 5.91 Å². The lowest BCUT2D eigenvalue weighted by molar-refractivity contribution is 0.0913. The summed E-state index contributed by atoms with van der Waals surface area (Å²) in [7, 11) is -0.786. The number of methoxy groups -OCH3 is 2. The Morgan fingerprint density at radius 2 is 2.11 bits per heavy atom. The van der Waals surface area contributed by atoms with E-state index in [-0.39, 0.29) is 28.2 Å². The number of carbonyl (C=O) groups is 1. The molecule has 0 saturated carbocycles. The standard InChI is InChI=1S/C19H24N2O6S/c1-25-15-7-8-18(17(11-15)26-2)28(23,24)21-9-3-5-14(13-21)12-20-19(22)16-6-4-10-27-16/h4,6-8,10-11,14H,3,5,9,12-13H2,1-2H3,(H,20,22)/t14-/m1/s1. The van der Waals surface area contributed by atoms with E-state index in [1.165, 1.54) is 30.9 Å². The van der Waals surface area contributed by atoms with Gasteiger partial charge in [0.05, 0.1) is 20.5 Å². The normalized spacial score (nSPS) is 17.9. The Balaban J connectivity index is 1.70. The zero-order valence-electron chi connectivity index (χ0n) is 15.9. The number of piperidine rings is 1. The summed E-state index contributed by atoms with van der Waals surface area (Å²) in [6.07, 6.45) is 3.00. The number of nitrogens with zero attached hydrogens (tertiary/aromatic N) is 1. The maximum Gasteiger partial charge on any atom is 0.286 e. The molecule has 2 aromatic rings. The first-order chi connectivity index (χ1) is 13.5. The van der Waals surface area contributed by atoms with Crippen molar-refractivity contribution in [1.82, 2.24) is 9.62 Å². The van der Waals surface area contributed by atoms with E-state index >= 15 is 0 Å². The van der Waals surface area contributed by atoms with Crippen molar-refractivity contribution in [2.24, 2.45) is 5.92 Å². The molecule has 152 valence electrons. The summed E-state index contributed by atoms with van der Waals surface area (Å²) in [5.41, 5.74) is 0. The van der Waals surface area contributed by atoms with E-state index in [0.29, 0.717) is 25.4 Å². The van der Waals surface area contributed by atoms with Gasteiger partial charge in [0.15, 0.2) is 5.76 Å². The van der Waals surface area contributed by atoms with E-state index in [4.69, 9.17) is 13.9 Å². The molecule has 1 amide bonds. The largest absolute Gasteiger partial charge is 0.497 e. The van der Waals surface area contributed by atoms with Crippen LogP contribution in [0.3, 0.4) is 0 Å². The topological polar surface area (TPSA) is 98.1 Å². The van der Waals surface area contributed by atoms with Crippen LogP contribution in [0.1, 0.15) is 23.4 Å². The van der Waals surface area contributed by atoms with Crippen LogP contribution in [0, 0.1) is 5.92 Å². The van der Waals surface area contributed by atoms with Gasteiger partial charge in [-0.3, -0.25) is 4.79 Å². The van der Waals surface area contributed by atoms with Crippen LogP contribution in [0.25, 0.3) is 0 Å². The molecule has 1 fully saturated rings. The number of nitrogens with one attached hydrogen (secondary N) is 1. The molecular weight excluding hydrogens is 384 g/mol. The van der Waals surface area contributed by atoms with Gasteiger partial charge in [-0.05, 0) is 43.0 Å². The summed E-state index contributed by atoms with van der Waals surface area (Å²) in [6, 6.07) is 7.88. The number of carbonyl (C=O) groups excluding carboxylic acids is 1. The van der Waals surface area contributed by atoms with Crippen LogP contribution < -0.4 is 14.8 Å². The number of ether oxygens (including phenoxy) is 2. The highest BCUT2D eigenvalue weighted by Crippen LogP contribution is 2.32. The predicted molar refractivity (Wildman–Crippen MR) is 102 cm³/mol. The van der Waals surface area contributed by atoms with Gasteiger partial charge < -0.3 is 19.2 Å². The molecule has 8 nitrogen and oxygen atoms in total. The Kier molecular flexibility index (Phi) is 6.25. The molecule has 0 aliphatic carbocycles. The first-order valence-electron chi connectivity index (χ1n) is 8.99. The van der Waals surface area contributed by atoms with Gasteiger partial charge in [-0.15, -0.1) is 0 Å². The van der Waals surface area contributed by atoms with E-state index in [0.717, 1.165) is 12.8 Å². The molecule has 0 bridgehead atoms. The van der Waals surface area contributed by atoms with Gasteiger partial charge in [-0.1, -0.05) is 0 Å². The molecule has 28 heavy (non-hydrogen) atoms. The lowest BCUT2D eigenvalue weighted by Gasteiger charge is -2.32. The van der Waals surface area contributed by atoms with E-state index in [1.807, 2.05) is 0 Å². The van der Waals surface area contributed by atoms with Crippen LogP contribution in [0.5, 0.6) is 11.5 Å². The van der Waals surface area contributed by atoms with E-state index in [2.05, 4.69) is 5.32 Å². The molecule has 1 aromatic carbocycles. The molecule has 1 N–H and O–H groups in total. The molecule has 9 heteroatoms. The first kappa shape index (κ1) is 20.2. The van der Waals surface area contributed by atoms with Crippen LogP contribution in [-0.4, -0.2) is 52.5 Å². The number of rotatable bonds is 7. The summed E-state index contributed by atoms with van der Waals surface area (Å²) in [6.45, 7) is 1.14. The fourth-order valence-electron chi connectivity index (χ4n) is 3.27. The first-order valence-corrected chi connectivity index (χ1v) is 10.4. The van der Waals surface area contributed by atoms with Crippen molar-refractivity contribution in [3.05, 3.63) is 42.4 Å². The van der Waals surface area contributed by atoms with Gasteiger partial charge in [-0.25, -0.2) is 8.42 Å². The highest BCUT2D eigenvalue weighted by Gasteiger charge is 2.32. The minimum Gasteiger partial charge on any atom is -0.497 e. The number of hydrogen-bond donors (Lipinski definition) is 1. The second-order valence-electron chi connectivity index (χ2n) is 6.58. The lowest BCUT2D eigenvalue weighted by atomic mass is 10.00. The Morgan fingerprint density at radius 3 is 2.79 bits per heavy atom. The Bertz CT molecular complexity index is 911. The fourth-order valence-corrected chi connectivity index (χ4v) is 4.96. The Morgan fingerprint density at radius 1 is 1.29 bits per heavy atom. The van der Waals surface area contributed by atoms with Gasteiger partial charge in [0, 0.05) is 25.7 Å². The number of benzene rings is 1. The monoisotopic (exact) mass is 408 g/mol. The van der Waals surface area contributed by atoms with E-state index in [9.17, 15) is 13.2 Å². The predicted octanol–water partition coefficient (Wildman–Crippen LogP) is 2.13. The van der Waals surface area contributed by atoms with Crippen molar-refractivity contribution >= 4 is 15.9 Å². The molecular formula is C19H24N2O6S. The van der Waals surface area contributed by atoms with Crippen molar-refractivity contribution in [2.75, 3.05) is 33.9 Å². The molecule has 1 saturated heterocycles. The second-order valence-corrected chi connectivity index (χ2v) is 8.48. The third kappa shape index (κ3) is 4.31. The Hall–Kier alpha value is -2.52. The molecule has 1 atom stereocenters. The molecule has 0 unspecified atom stereocenters. The van der Waals surface area contributed by atoms with Crippen LogP contribution in [0.4, 0.5) is 0 Å². The molecule has 1 aliphatic heterocycles. The van der Waals surface area contributed by atoms with E-state index in [1.54, 1.807) is 24.3 Å². The van der Waals surface area contributed by atoms with E-state index < -0.39 is 10.0 Å². The Labute approximate surface area is 164 Å². The molecule has 0 spiro atoms. The molecule has 1 aromatic heterocycles. The van der Waals surface area contributed by atoms with Crippen molar-refractivity contribution in [1.29, 1.82) is 0 Å². The summed E-state index contributed by atoms with van der Waals surface area (Å²) < 4.78 is 43.2. The number of hydrogen-bond acceptors (Lipinski definition) is 6. The van der Waals surface area contributed by atoms with Gasteiger partial charge in [-0.2, -0.15) is 4.31 Å². The summed E-state index contributed by atoms with van der Waals surface area (Å²) in [5.74, 6) is 0.720. The fraction of sp³-hybridized carbons (Fsp3) is 0.421. The zero-order valence-corrected chi connectivity index (χ0v) is 16.7. The SMILES string of the molecule is COc1ccc(S(=O)(=O)N2CCC[C@H](CNC(=O)c3ccco3)C2)c(OC)c1. The van der Waals surface area contributed by atoms with Gasteiger partial charge in [0.2, 0.25) is 10.0 Å². The second kappa shape index (κ2) is 8.66. The minimum atomic E-state index is -3.72. The zero-order chi connectivity index (χ0) is 20.1. The third-order valence-electron chi connectivity index (χ3n) is 4.77. The maximum absolute atomic E-state index is 13.1. The van der Waals surface area contributed by atoms with Crippen LogP contribution in [0.15, 0.2) is 45.9 Å². The van der Waals surface area contributed by atoms with Crippen molar-refractivity contribution in [3.63, 3.8) is 0 Å². The lowest BCUT2D eigenvalue weighted by Crippen LogP contribution is -2.43. The average Bonchev–Trinajstić information content (AvgIpc) is 3.26. The van der Waals surface area contributed by atoms with Gasteiger partial charge in [0.1, 0.15) is 16.4 Å². The van der Waals surface area contributed by atoms with Crippen molar-refractivity contribution in [3.8, 4) is 11.5 Å². The quantitative estimate of drug-likeness (QED) is 0.754. The van der Waals surface area contributed by atoms with Crippen molar-refractivity contribution in [2.45, 2.75) is 17.7 Å². The summed E-state index contributed by atoms with van der Waals surface area (Å²) in [5, 5.41) is 2.81. The van der Waals surface area contributed by atoms with Crippen LogP contribution in [-0.2, 0) is 10.0 Å². The van der Waals surface area contributed by atoms with Crippen molar-refractivity contribution < 1.29 is 27.1 Å². The highest BCUT2D eigenvalue weighted by molar-refractivity contribution is 7.89. The molecule has 0 radical (unpaired) electrons. The molecule has 2 heterocycles. The number of sulfonamides is 1. The summed E-state index contributed by atoms with van der Waals surface area (Å²) >= 11 is 0. The number of furan rings is 1. The highest BCUT2D eigenvalue weighted by atomic mass is 32.2. The smallest absolute Gasteiger partial charge is 0.286 e. The van der Waals surface area contributed by atoms with Crippen LogP contribution in [0.2, 0.25) is 0 Å².